The molecule has 0 aliphatic carbocycles. The maximum atomic E-state index is 0. The van der Waals surface area contributed by atoms with Gasteiger partial charge in [0.05, 0.1) is 0 Å². The Morgan fingerprint density at radius 3 is 0.375 bits per heavy atom. The van der Waals surface area contributed by atoms with Crippen LogP contribution in [0.1, 0.15) is 0 Å². The van der Waals surface area contributed by atoms with E-state index < -0.39 is 0 Å². The van der Waals surface area contributed by atoms with E-state index in [0.717, 1.165) is 0 Å². The first-order valence-corrected chi connectivity index (χ1v) is 0. The predicted molar refractivity (Wildman–Crippen MR) is 48.6 cm³/mol. The van der Waals surface area contributed by atoms with Gasteiger partial charge in [0, 0.05) is 0 Å². The summed E-state index contributed by atoms with van der Waals surface area (Å²) in [5, 5.41) is 0. The standard InChI is InChI=1S/2Al.2K.4H2O.8H/h;;;;4*1H2;;;;;;;;. The van der Waals surface area contributed by atoms with Gasteiger partial charge in [-0.15, -0.1) is 0 Å². The third kappa shape index (κ3) is 49.1. The fourth-order valence-corrected chi connectivity index (χ4v) is 0. The van der Waals surface area contributed by atoms with Crippen molar-refractivity contribution in [3.63, 3.8) is 0 Å². The Hall–Kier alpha value is 4.18. The van der Waals surface area contributed by atoms with Gasteiger partial charge in [0.2, 0.25) is 0 Å². The van der Waals surface area contributed by atoms with Gasteiger partial charge in [0.1, 0.15) is 0 Å². The van der Waals surface area contributed by atoms with Crippen molar-refractivity contribution in [3.05, 3.63) is 0 Å². The molecule has 0 saturated carbocycles. The molecule has 0 amide bonds. The van der Waals surface area contributed by atoms with Crippen molar-refractivity contribution in [1.82, 2.24) is 0 Å². The van der Waals surface area contributed by atoms with E-state index in [2.05, 4.69) is 0 Å². The molecule has 0 radical (unpaired) electrons. The molecule has 48 valence electrons. The van der Waals surface area contributed by atoms with Crippen LogP contribution < -0.4 is 0 Å². The first-order valence-electron chi connectivity index (χ1n) is 0. The fraction of sp³-hybridized carbons (Fsp3) is 0. The average molecular weight is 212 g/mol. The maximum absolute atomic E-state index is 0. The number of hydrogen-bond acceptors (Lipinski definition) is 0. The number of rotatable bonds is 0. The van der Waals surface area contributed by atoms with Crippen LogP contribution in [0, 0.1) is 0 Å². The first kappa shape index (κ1) is 87.2. The quantitative estimate of drug-likeness (QED) is 0.354. The minimum atomic E-state index is 0. The zero-order valence-electron chi connectivity index (χ0n) is 2.00. The Morgan fingerprint density at radius 1 is 0.375 bits per heavy atom. The van der Waals surface area contributed by atoms with Crippen LogP contribution in [-0.2, 0) is 0 Å². The van der Waals surface area contributed by atoms with Crippen LogP contribution in [0.4, 0.5) is 0 Å². The van der Waals surface area contributed by atoms with Crippen LogP contribution in [0.5, 0.6) is 0 Å². The molecule has 8 heavy (non-hydrogen) atoms. The molecule has 8 heteroatoms. The molecule has 0 aliphatic heterocycles. The summed E-state index contributed by atoms with van der Waals surface area (Å²) in [5.41, 5.74) is 0. The van der Waals surface area contributed by atoms with E-state index in [1.165, 1.54) is 0 Å². The van der Waals surface area contributed by atoms with Crippen LogP contribution in [0.15, 0.2) is 0 Å². The Morgan fingerprint density at radius 2 is 0.375 bits per heavy atom. The van der Waals surface area contributed by atoms with Crippen molar-refractivity contribution in [3.8, 4) is 0 Å². The molecule has 0 unspecified atom stereocenters. The third-order valence-electron chi connectivity index (χ3n) is 0. The van der Waals surface area contributed by atoms with Crippen LogP contribution in [-0.4, -0.2) is 159 Å². The molecule has 0 spiro atoms. The van der Waals surface area contributed by atoms with Gasteiger partial charge in [-0.2, -0.15) is 0 Å². The molecule has 0 rings (SSSR count). The molecule has 0 aromatic rings. The molecule has 0 saturated heterocycles. The summed E-state index contributed by atoms with van der Waals surface area (Å²) in [7, 11) is 0. The minimum absolute atomic E-state index is 0. The molecule has 0 atom stereocenters. The summed E-state index contributed by atoms with van der Waals surface area (Å²) >= 11 is 0. The summed E-state index contributed by atoms with van der Waals surface area (Å²) in [5.74, 6) is 0. The molecule has 0 heterocycles. The van der Waals surface area contributed by atoms with Crippen LogP contribution >= 0.6 is 0 Å². The van der Waals surface area contributed by atoms with Gasteiger partial charge in [0.25, 0.3) is 0 Å². The van der Waals surface area contributed by atoms with Gasteiger partial charge >= 0.3 is 103 Å². The van der Waals surface area contributed by atoms with Crippen LogP contribution in [0.2, 0.25) is 0 Å². The Balaban J connectivity index is 0. The average Bonchev–Trinajstić information content (AvgIpc) is 0. The van der Waals surface area contributed by atoms with Gasteiger partial charge in [-0.05, 0) is 0 Å². The van der Waals surface area contributed by atoms with Gasteiger partial charge in [-0.1, -0.05) is 0 Å². The van der Waals surface area contributed by atoms with Crippen LogP contribution in [0.3, 0.4) is 0 Å². The van der Waals surface area contributed by atoms with E-state index in [-0.39, 0.29) is 159 Å². The van der Waals surface area contributed by atoms with E-state index in [0.29, 0.717) is 0 Å². The molecule has 8 N–H and O–H groups in total. The molecule has 0 aromatic heterocycles. The normalized spacial score (nSPS) is 0. The van der Waals surface area contributed by atoms with Crippen molar-refractivity contribution in [1.29, 1.82) is 0 Å². The van der Waals surface area contributed by atoms with E-state index >= 15 is 0 Å². The molecule has 0 aromatic carbocycles. The summed E-state index contributed by atoms with van der Waals surface area (Å²) in [6.07, 6.45) is 0. The van der Waals surface area contributed by atoms with Crippen molar-refractivity contribution in [2.45, 2.75) is 0 Å². The van der Waals surface area contributed by atoms with Crippen LogP contribution in [0.25, 0.3) is 0 Å². The van der Waals surface area contributed by atoms with E-state index in [4.69, 9.17) is 0 Å². The summed E-state index contributed by atoms with van der Waals surface area (Å²) < 4.78 is 0. The topological polar surface area (TPSA) is 126 Å². The molecule has 0 bridgehead atoms. The van der Waals surface area contributed by atoms with Crippen molar-refractivity contribution in [2.75, 3.05) is 0 Å². The molecular weight excluding hydrogens is 196 g/mol. The fourth-order valence-electron chi connectivity index (χ4n) is 0. The van der Waals surface area contributed by atoms with Crippen molar-refractivity contribution < 1.29 is 21.9 Å². The predicted octanol–water partition coefficient (Wildman–Crippen LogP) is -6.96. The van der Waals surface area contributed by atoms with E-state index in [9.17, 15) is 0 Å². The van der Waals surface area contributed by atoms with Gasteiger partial charge < -0.3 is 21.9 Å². The van der Waals surface area contributed by atoms with Gasteiger partial charge in [-0.3, -0.25) is 0 Å². The zero-order valence-corrected chi connectivity index (χ0v) is 2.00. The second kappa shape index (κ2) is 66.3. The molecule has 0 fully saturated rings. The van der Waals surface area contributed by atoms with Gasteiger partial charge in [0.15, 0.2) is 34.7 Å². The Labute approximate surface area is 155 Å². The zero-order chi connectivity index (χ0) is 0. The molecule has 0 aliphatic rings. The van der Waals surface area contributed by atoms with Crippen molar-refractivity contribution >= 4 is 137 Å². The summed E-state index contributed by atoms with van der Waals surface area (Å²) in [6, 6.07) is 0. The van der Waals surface area contributed by atoms with Crippen molar-refractivity contribution in [2.24, 2.45) is 0 Å². The molecular formula is H16Al2K2O4. The molecule has 4 nitrogen and oxygen atoms in total. The SMILES string of the molecule is O.O.O.O.[AlH3].[AlH3].[KH].[KH]. The van der Waals surface area contributed by atoms with E-state index in [1.54, 1.807) is 0 Å². The van der Waals surface area contributed by atoms with Gasteiger partial charge in [-0.25, -0.2) is 0 Å². The van der Waals surface area contributed by atoms with E-state index in [1.807, 2.05) is 0 Å². The summed E-state index contributed by atoms with van der Waals surface area (Å²) in [4.78, 5) is 0. The third-order valence-corrected chi connectivity index (χ3v) is 0. The first-order chi connectivity index (χ1) is 0. The second-order valence-electron chi connectivity index (χ2n) is 0. The monoisotopic (exact) mass is 212 g/mol. The Bertz CT molecular complexity index is 12.0. The number of hydrogen-bond donors (Lipinski definition) is 0. The Kier molecular flexibility index (Phi) is 723. The summed E-state index contributed by atoms with van der Waals surface area (Å²) in [6.45, 7) is 0. The second-order valence-corrected chi connectivity index (χ2v) is 0.